The van der Waals surface area contributed by atoms with Gasteiger partial charge in [-0.1, -0.05) is 0 Å². The van der Waals surface area contributed by atoms with Crippen molar-refractivity contribution >= 4 is 11.0 Å². The molecule has 3 aromatic heterocycles. The van der Waals surface area contributed by atoms with Gasteiger partial charge in [0.1, 0.15) is 18.0 Å². The Hall–Kier alpha value is -3.26. The van der Waals surface area contributed by atoms with Crippen LogP contribution in [-0.2, 0) is 6.42 Å². The molecule has 0 spiro atoms. The summed E-state index contributed by atoms with van der Waals surface area (Å²) < 4.78 is 26.8. The lowest BCUT2D eigenvalue weighted by atomic mass is 9.97. The van der Waals surface area contributed by atoms with Crippen molar-refractivity contribution in [3.63, 3.8) is 0 Å². The molecule has 26 heavy (non-hydrogen) atoms. The molecule has 4 aromatic rings. The second kappa shape index (κ2) is 6.57. The fourth-order valence-electron chi connectivity index (χ4n) is 2.92. The van der Waals surface area contributed by atoms with Gasteiger partial charge in [0.2, 0.25) is 0 Å². The first-order valence-electron chi connectivity index (χ1n) is 7.90. The molecule has 0 bridgehead atoms. The predicted molar refractivity (Wildman–Crippen MR) is 91.9 cm³/mol. The van der Waals surface area contributed by atoms with Crippen molar-refractivity contribution in [3.8, 4) is 11.1 Å². The summed E-state index contributed by atoms with van der Waals surface area (Å²) >= 11 is 0. The van der Waals surface area contributed by atoms with Crippen LogP contribution >= 0.6 is 0 Å². The van der Waals surface area contributed by atoms with Gasteiger partial charge in [-0.05, 0) is 30.2 Å². The van der Waals surface area contributed by atoms with Crippen molar-refractivity contribution in [3.05, 3.63) is 72.1 Å². The Labute approximate surface area is 147 Å². The highest BCUT2D eigenvalue weighted by Crippen LogP contribution is 2.28. The Kier molecular flexibility index (Phi) is 4.10. The molecule has 6 nitrogen and oxygen atoms in total. The fraction of sp³-hybridized carbons (Fsp3) is 0.111. The number of nitrogens with two attached hydrogens (primary N) is 1. The summed E-state index contributed by atoms with van der Waals surface area (Å²) in [7, 11) is 0. The molecule has 1 atom stereocenters. The van der Waals surface area contributed by atoms with Crippen molar-refractivity contribution in [2.75, 3.05) is 0 Å². The highest BCUT2D eigenvalue weighted by atomic mass is 19.1. The van der Waals surface area contributed by atoms with E-state index in [1.165, 1.54) is 18.5 Å². The number of halogens is 2. The average molecular weight is 352 g/mol. The summed E-state index contributed by atoms with van der Waals surface area (Å²) in [6.07, 6.45) is 6.63. The smallest absolute Gasteiger partial charge is 0.155 e. The number of rotatable bonds is 4. The molecule has 0 saturated carbocycles. The third-order valence-corrected chi connectivity index (χ3v) is 4.07. The Balaban J connectivity index is 1.70. The van der Waals surface area contributed by atoms with Crippen LogP contribution in [0.2, 0.25) is 0 Å². The monoisotopic (exact) mass is 352 g/mol. The second-order valence-corrected chi connectivity index (χ2v) is 5.94. The van der Waals surface area contributed by atoms with Crippen LogP contribution < -0.4 is 5.73 Å². The molecule has 0 amide bonds. The number of benzene rings is 1. The third kappa shape index (κ3) is 3.14. The molecule has 0 radical (unpaired) electrons. The molecule has 130 valence electrons. The van der Waals surface area contributed by atoms with E-state index in [0.29, 0.717) is 22.5 Å². The van der Waals surface area contributed by atoms with E-state index in [1.807, 2.05) is 6.07 Å². The molecule has 8 heteroatoms. The number of aromatic amines is 1. The van der Waals surface area contributed by atoms with E-state index >= 15 is 0 Å². The first kappa shape index (κ1) is 16.2. The van der Waals surface area contributed by atoms with Gasteiger partial charge in [-0.2, -0.15) is 5.10 Å². The maximum absolute atomic E-state index is 13.4. The number of nitrogens with zero attached hydrogens (tertiary/aromatic N) is 4. The van der Waals surface area contributed by atoms with Gasteiger partial charge in [0.15, 0.2) is 5.65 Å². The van der Waals surface area contributed by atoms with Crippen molar-refractivity contribution in [1.82, 2.24) is 25.1 Å². The van der Waals surface area contributed by atoms with Gasteiger partial charge in [-0.3, -0.25) is 5.10 Å². The van der Waals surface area contributed by atoms with Crippen LogP contribution in [0.25, 0.3) is 22.2 Å². The number of hydrogen-bond acceptors (Lipinski definition) is 5. The zero-order valence-corrected chi connectivity index (χ0v) is 13.5. The minimum atomic E-state index is -0.635. The lowest BCUT2D eigenvalue weighted by Crippen LogP contribution is -2.16. The van der Waals surface area contributed by atoms with Gasteiger partial charge < -0.3 is 5.73 Å². The van der Waals surface area contributed by atoms with Gasteiger partial charge in [0.25, 0.3) is 0 Å². The van der Waals surface area contributed by atoms with Crippen molar-refractivity contribution < 1.29 is 8.78 Å². The second-order valence-electron chi connectivity index (χ2n) is 5.94. The first-order chi connectivity index (χ1) is 12.6. The molecule has 0 saturated heterocycles. The zero-order chi connectivity index (χ0) is 18.1. The maximum atomic E-state index is 13.4. The van der Waals surface area contributed by atoms with Gasteiger partial charge >= 0.3 is 0 Å². The number of hydrogen-bond donors (Lipinski definition) is 2. The van der Waals surface area contributed by atoms with Gasteiger partial charge in [-0.15, -0.1) is 0 Å². The van der Waals surface area contributed by atoms with E-state index in [4.69, 9.17) is 5.73 Å². The standard InChI is InChI=1S/C18H14F2N6/c19-13-1-10(2-14(20)5-13)3-16(21)17-15(8-22-9-24-17)11-4-12-7-25-26-18(12)23-6-11/h1-2,4-9,16H,3,21H2,(H,23,25,26)/t16-/m0/s1. The summed E-state index contributed by atoms with van der Waals surface area (Å²) in [5.41, 5.74) is 9.50. The third-order valence-electron chi connectivity index (χ3n) is 4.07. The summed E-state index contributed by atoms with van der Waals surface area (Å²) in [5, 5.41) is 7.59. The van der Waals surface area contributed by atoms with Crippen molar-refractivity contribution in [1.29, 1.82) is 0 Å². The quantitative estimate of drug-likeness (QED) is 0.589. The molecule has 0 unspecified atom stereocenters. The highest BCUT2D eigenvalue weighted by Gasteiger charge is 2.17. The topological polar surface area (TPSA) is 93.4 Å². The lowest BCUT2D eigenvalue weighted by Gasteiger charge is -2.15. The molecular weight excluding hydrogens is 338 g/mol. The van der Waals surface area contributed by atoms with Crippen LogP contribution in [0.4, 0.5) is 8.78 Å². The molecule has 3 N–H and O–H groups in total. The summed E-state index contributed by atoms with van der Waals surface area (Å²) in [6.45, 7) is 0. The predicted octanol–water partition coefficient (Wildman–Crippen LogP) is 2.94. The number of H-pyrrole nitrogens is 1. The molecule has 0 aliphatic carbocycles. The van der Waals surface area contributed by atoms with E-state index < -0.39 is 17.7 Å². The van der Waals surface area contributed by atoms with Gasteiger partial charge in [0, 0.05) is 35.0 Å². The summed E-state index contributed by atoms with van der Waals surface area (Å²) in [6, 6.07) is 4.71. The van der Waals surface area contributed by atoms with Crippen LogP contribution in [0.3, 0.4) is 0 Å². The van der Waals surface area contributed by atoms with Crippen molar-refractivity contribution in [2.45, 2.75) is 12.5 Å². The largest absolute Gasteiger partial charge is 0.322 e. The zero-order valence-electron chi connectivity index (χ0n) is 13.5. The van der Waals surface area contributed by atoms with E-state index in [9.17, 15) is 8.78 Å². The number of pyridine rings is 1. The summed E-state index contributed by atoms with van der Waals surface area (Å²) in [4.78, 5) is 12.7. The minimum Gasteiger partial charge on any atom is -0.322 e. The molecule has 4 rings (SSSR count). The first-order valence-corrected chi connectivity index (χ1v) is 7.90. The number of nitrogens with one attached hydrogen (secondary N) is 1. The number of fused-ring (bicyclic) bond motifs is 1. The normalized spacial score (nSPS) is 12.4. The van der Waals surface area contributed by atoms with Gasteiger partial charge in [0.05, 0.1) is 17.9 Å². The maximum Gasteiger partial charge on any atom is 0.155 e. The van der Waals surface area contributed by atoms with Crippen LogP contribution in [0.5, 0.6) is 0 Å². The summed E-state index contributed by atoms with van der Waals surface area (Å²) in [5.74, 6) is -1.27. The molecular formula is C18H14F2N6. The number of aromatic nitrogens is 5. The minimum absolute atomic E-state index is 0.236. The Morgan fingerprint density at radius 1 is 1.00 bits per heavy atom. The van der Waals surface area contributed by atoms with Gasteiger partial charge in [-0.25, -0.2) is 23.7 Å². The van der Waals surface area contributed by atoms with Crippen LogP contribution in [-0.4, -0.2) is 25.1 Å². The average Bonchev–Trinajstić information content (AvgIpc) is 3.08. The molecule has 0 aliphatic rings. The van der Waals surface area contributed by atoms with E-state index in [2.05, 4.69) is 25.1 Å². The molecule has 0 aliphatic heterocycles. The molecule has 3 heterocycles. The Bertz CT molecular complexity index is 1060. The molecule has 0 fully saturated rings. The highest BCUT2D eigenvalue weighted by molar-refractivity contribution is 5.80. The van der Waals surface area contributed by atoms with E-state index in [0.717, 1.165) is 17.0 Å². The fourth-order valence-corrected chi connectivity index (χ4v) is 2.92. The van der Waals surface area contributed by atoms with Crippen LogP contribution in [0.1, 0.15) is 17.3 Å². The Morgan fingerprint density at radius 2 is 1.81 bits per heavy atom. The SMILES string of the molecule is N[C@@H](Cc1cc(F)cc(F)c1)c1ncncc1-c1cnc2[nH]ncc2c1. The van der Waals surface area contributed by atoms with Crippen LogP contribution in [0.15, 0.2) is 49.2 Å². The lowest BCUT2D eigenvalue weighted by molar-refractivity contribution is 0.575. The van der Waals surface area contributed by atoms with E-state index in [1.54, 1.807) is 18.6 Å². The molecule has 1 aromatic carbocycles. The van der Waals surface area contributed by atoms with Crippen LogP contribution in [0, 0.1) is 11.6 Å². The Morgan fingerprint density at radius 3 is 2.62 bits per heavy atom. The van der Waals surface area contributed by atoms with Crippen molar-refractivity contribution in [2.24, 2.45) is 5.73 Å². The van der Waals surface area contributed by atoms with E-state index in [-0.39, 0.29) is 6.42 Å².